The van der Waals surface area contributed by atoms with E-state index in [1.807, 2.05) is 31.7 Å². The maximum Gasteiger partial charge on any atom is 0.219 e. The third-order valence-electron chi connectivity index (χ3n) is 6.78. The maximum atomic E-state index is 12.1. The Labute approximate surface area is 196 Å². The largest absolute Gasteiger partial charge is 0.381 e. The van der Waals surface area contributed by atoms with Gasteiger partial charge in [-0.1, -0.05) is 13.8 Å². The van der Waals surface area contributed by atoms with Gasteiger partial charge in [0, 0.05) is 50.9 Å². The van der Waals surface area contributed by atoms with Gasteiger partial charge in [0.15, 0.2) is 5.82 Å². The number of pyridine rings is 1. The van der Waals surface area contributed by atoms with Crippen molar-refractivity contribution in [1.29, 1.82) is 5.26 Å². The molecule has 2 aromatic rings. The fourth-order valence-electron chi connectivity index (χ4n) is 5.07. The number of carbonyl (C=O) groups is 1. The zero-order valence-corrected chi connectivity index (χ0v) is 20.2. The van der Waals surface area contributed by atoms with Gasteiger partial charge in [-0.2, -0.15) is 10.4 Å². The van der Waals surface area contributed by atoms with Crippen molar-refractivity contribution in [2.24, 2.45) is 0 Å². The number of nitriles is 1. The predicted octanol–water partition coefficient (Wildman–Crippen LogP) is 3.82. The third kappa shape index (κ3) is 4.34. The third-order valence-corrected chi connectivity index (χ3v) is 6.78. The van der Waals surface area contributed by atoms with Gasteiger partial charge in [-0.25, -0.2) is 0 Å². The van der Waals surface area contributed by atoms with Gasteiger partial charge < -0.3 is 14.5 Å². The molecule has 0 atom stereocenters. The molecule has 5 rings (SSSR count). The second-order valence-electron chi connectivity index (χ2n) is 8.68. The van der Waals surface area contributed by atoms with Crippen LogP contribution < -0.4 is 4.90 Å². The van der Waals surface area contributed by atoms with E-state index >= 15 is 0 Å². The highest BCUT2D eigenvalue weighted by Gasteiger charge is 2.33. The quantitative estimate of drug-likeness (QED) is 0.691. The molecule has 8 heteroatoms. The van der Waals surface area contributed by atoms with E-state index in [0.717, 1.165) is 86.9 Å². The van der Waals surface area contributed by atoms with Gasteiger partial charge in [-0.3, -0.25) is 14.5 Å². The van der Waals surface area contributed by atoms with Crippen LogP contribution in [-0.2, 0) is 28.9 Å². The molecule has 1 saturated heterocycles. The summed E-state index contributed by atoms with van der Waals surface area (Å²) in [6.45, 7) is 11.2. The Morgan fingerprint density at radius 3 is 2.67 bits per heavy atom. The van der Waals surface area contributed by atoms with Crippen LogP contribution in [0.25, 0.3) is 0 Å². The van der Waals surface area contributed by atoms with E-state index in [-0.39, 0.29) is 5.91 Å². The number of aryl methyl sites for hydroxylation is 2. The van der Waals surface area contributed by atoms with Crippen molar-refractivity contribution < 1.29 is 9.53 Å². The highest BCUT2D eigenvalue weighted by Crippen LogP contribution is 2.39. The van der Waals surface area contributed by atoms with Gasteiger partial charge in [-0.15, -0.1) is 0 Å². The van der Waals surface area contributed by atoms with Gasteiger partial charge in [-0.05, 0) is 38.7 Å². The van der Waals surface area contributed by atoms with Crippen LogP contribution >= 0.6 is 0 Å². The van der Waals surface area contributed by atoms with Crippen LogP contribution in [0.1, 0.15) is 74.3 Å². The Balaban J connectivity index is 0.00000126. The fourth-order valence-corrected chi connectivity index (χ4v) is 5.07. The molecule has 3 aliphatic rings. The van der Waals surface area contributed by atoms with Crippen molar-refractivity contribution in [3.8, 4) is 6.07 Å². The van der Waals surface area contributed by atoms with E-state index in [4.69, 9.17) is 14.8 Å². The van der Waals surface area contributed by atoms with Crippen molar-refractivity contribution in [2.45, 2.75) is 72.4 Å². The molecule has 33 heavy (non-hydrogen) atoms. The number of hydrogen-bond acceptors (Lipinski definition) is 6. The summed E-state index contributed by atoms with van der Waals surface area (Å²) >= 11 is 0. The molecule has 0 unspecified atom stereocenters. The molecular formula is C25H34N6O2. The molecule has 176 valence electrons. The molecule has 2 aromatic heterocycles. The monoisotopic (exact) mass is 450 g/mol. The lowest BCUT2D eigenvalue weighted by molar-refractivity contribution is -0.129. The first kappa shape index (κ1) is 23.2. The molecule has 3 aliphatic heterocycles. The second-order valence-corrected chi connectivity index (χ2v) is 8.68. The Morgan fingerprint density at radius 2 is 1.97 bits per heavy atom. The van der Waals surface area contributed by atoms with Crippen molar-refractivity contribution in [3.63, 3.8) is 0 Å². The van der Waals surface area contributed by atoms with Crippen molar-refractivity contribution in [1.82, 2.24) is 19.7 Å². The summed E-state index contributed by atoms with van der Waals surface area (Å²) in [6, 6.07) is 4.57. The molecule has 1 fully saturated rings. The highest BCUT2D eigenvalue weighted by atomic mass is 16.5. The molecule has 0 aliphatic carbocycles. The first-order chi connectivity index (χ1) is 16.1. The molecule has 5 heterocycles. The number of hydrogen-bond donors (Lipinski definition) is 0. The van der Waals surface area contributed by atoms with Gasteiger partial charge in [0.1, 0.15) is 6.07 Å². The summed E-state index contributed by atoms with van der Waals surface area (Å²) in [5, 5.41) is 14.7. The molecule has 0 saturated carbocycles. The Bertz CT molecular complexity index is 1060. The summed E-state index contributed by atoms with van der Waals surface area (Å²) in [5.74, 6) is 1.02. The summed E-state index contributed by atoms with van der Waals surface area (Å²) in [4.78, 5) is 21.0. The second kappa shape index (κ2) is 9.92. The van der Waals surface area contributed by atoms with E-state index in [9.17, 15) is 10.1 Å². The van der Waals surface area contributed by atoms with E-state index in [2.05, 4.69) is 15.7 Å². The zero-order chi connectivity index (χ0) is 23.5. The average molecular weight is 451 g/mol. The molecule has 0 N–H and O–H groups in total. The van der Waals surface area contributed by atoms with Crippen molar-refractivity contribution >= 4 is 17.4 Å². The molecule has 0 radical (unpaired) electrons. The number of anilines is 2. The molecule has 0 bridgehead atoms. The van der Waals surface area contributed by atoms with E-state index in [0.29, 0.717) is 18.2 Å². The lowest BCUT2D eigenvalue weighted by atomic mass is 10.0. The van der Waals surface area contributed by atoms with Crippen LogP contribution in [0.15, 0.2) is 6.07 Å². The van der Waals surface area contributed by atoms with Gasteiger partial charge in [0.2, 0.25) is 5.91 Å². The summed E-state index contributed by atoms with van der Waals surface area (Å²) in [7, 11) is 0. The minimum absolute atomic E-state index is 0.0959. The summed E-state index contributed by atoms with van der Waals surface area (Å²) < 4.78 is 7.79. The van der Waals surface area contributed by atoms with Crippen molar-refractivity contribution in [3.05, 3.63) is 34.3 Å². The van der Waals surface area contributed by atoms with E-state index in [1.165, 1.54) is 5.69 Å². The lowest BCUT2D eigenvalue weighted by Crippen LogP contribution is -2.36. The van der Waals surface area contributed by atoms with Gasteiger partial charge in [0.05, 0.1) is 35.2 Å². The number of amides is 1. The standard InChI is InChI=1S/C23H28N6O2.C2H6/c1-15-17(13-24)12-22-20(25-15)4-3-8-28(22)23-19-14-27(16(2)30)9-5-21(19)29(26-23)18-6-10-31-11-7-18;1-2/h12,18H,3-11,14H2,1-2H3;1-2H3. The normalized spacial score (nSPS) is 18.0. The molecular weight excluding hydrogens is 416 g/mol. The first-order valence-corrected chi connectivity index (χ1v) is 12.2. The molecule has 0 spiro atoms. The number of rotatable bonds is 2. The molecule has 0 aromatic carbocycles. The predicted molar refractivity (Wildman–Crippen MR) is 126 cm³/mol. The Kier molecular flexibility index (Phi) is 6.99. The van der Waals surface area contributed by atoms with Crippen LogP contribution in [0.5, 0.6) is 0 Å². The zero-order valence-electron chi connectivity index (χ0n) is 20.2. The minimum Gasteiger partial charge on any atom is -0.381 e. The number of fused-ring (bicyclic) bond motifs is 2. The number of ether oxygens (including phenoxy) is 1. The number of carbonyl (C=O) groups excluding carboxylic acids is 1. The van der Waals surface area contributed by atoms with Crippen LogP contribution in [0.2, 0.25) is 0 Å². The van der Waals surface area contributed by atoms with E-state index in [1.54, 1.807) is 6.92 Å². The van der Waals surface area contributed by atoms with Crippen LogP contribution in [0.3, 0.4) is 0 Å². The van der Waals surface area contributed by atoms with Crippen LogP contribution in [0.4, 0.5) is 11.5 Å². The molecule has 8 nitrogen and oxygen atoms in total. The smallest absolute Gasteiger partial charge is 0.219 e. The first-order valence-electron chi connectivity index (χ1n) is 12.2. The SMILES string of the molecule is CC.CC(=O)N1CCc2c(c(N3CCCc4nc(C)c(C#N)cc43)nn2C2CCOCC2)C1. The Hall–Kier alpha value is -2.92. The average Bonchev–Trinajstić information content (AvgIpc) is 3.23. The summed E-state index contributed by atoms with van der Waals surface area (Å²) in [5.41, 5.74) is 5.77. The number of aromatic nitrogens is 3. The molecule has 1 amide bonds. The number of nitrogens with zero attached hydrogens (tertiary/aromatic N) is 6. The van der Waals surface area contributed by atoms with E-state index < -0.39 is 0 Å². The lowest BCUT2D eigenvalue weighted by Gasteiger charge is -2.32. The maximum absolute atomic E-state index is 12.1. The van der Waals surface area contributed by atoms with Gasteiger partial charge >= 0.3 is 0 Å². The topological polar surface area (TPSA) is 87.3 Å². The minimum atomic E-state index is 0.0959. The fraction of sp³-hybridized carbons (Fsp3) is 0.600. The van der Waals surface area contributed by atoms with Crippen LogP contribution in [0, 0.1) is 18.3 Å². The van der Waals surface area contributed by atoms with Crippen molar-refractivity contribution in [2.75, 3.05) is 31.2 Å². The Morgan fingerprint density at radius 1 is 1.21 bits per heavy atom. The highest BCUT2D eigenvalue weighted by molar-refractivity contribution is 5.75. The van der Waals surface area contributed by atoms with Crippen LogP contribution in [-0.4, -0.2) is 51.9 Å². The van der Waals surface area contributed by atoms with Gasteiger partial charge in [0.25, 0.3) is 0 Å². The summed E-state index contributed by atoms with van der Waals surface area (Å²) in [6.07, 6.45) is 4.62.